The lowest BCUT2D eigenvalue weighted by atomic mass is 10.1. The van der Waals surface area contributed by atoms with Crippen molar-refractivity contribution in [1.82, 2.24) is 20.5 Å². The van der Waals surface area contributed by atoms with Crippen molar-refractivity contribution >= 4 is 28.3 Å². The smallest absolute Gasteiger partial charge is 0.314 e. The maximum absolute atomic E-state index is 12.4. The highest BCUT2D eigenvalue weighted by molar-refractivity contribution is 7.10. The lowest BCUT2D eigenvalue weighted by molar-refractivity contribution is 0.0174. The largest absolute Gasteiger partial charge is 0.379 e. The Morgan fingerprint density at radius 2 is 2.03 bits per heavy atom. The lowest BCUT2D eigenvalue weighted by Crippen LogP contribution is -2.45. The van der Waals surface area contributed by atoms with Crippen molar-refractivity contribution < 1.29 is 9.53 Å². The fourth-order valence-corrected chi connectivity index (χ4v) is 4.85. The van der Waals surface area contributed by atoms with E-state index in [-0.39, 0.29) is 12.1 Å². The molecular formula is C22H28N4O2S. The fraction of sp³-hybridized carbons (Fsp3) is 0.409. The number of nitrogens with zero attached hydrogens (tertiary/aromatic N) is 1. The molecule has 3 heterocycles. The van der Waals surface area contributed by atoms with Gasteiger partial charge in [-0.15, -0.1) is 11.3 Å². The number of hydrogen-bond acceptors (Lipinski definition) is 4. The van der Waals surface area contributed by atoms with Crippen LogP contribution in [0.2, 0.25) is 0 Å². The van der Waals surface area contributed by atoms with Crippen molar-refractivity contribution in [2.75, 3.05) is 39.4 Å². The van der Waals surface area contributed by atoms with Gasteiger partial charge < -0.3 is 20.4 Å². The van der Waals surface area contributed by atoms with Crippen molar-refractivity contribution in [3.63, 3.8) is 0 Å². The highest BCUT2D eigenvalue weighted by Crippen LogP contribution is 2.25. The molecule has 0 radical (unpaired) electrons. The number of rotatable bonds is 7. The Balaban J connectivity index is 1.30. The maximum atomic E-state index is 12.4. The van der Waals surface area contributed by atoms with Gasteiger partial charge in [0.15, 0.2) is 0 Å². The summed E-state index contributed by atoms with van der Waals surface area (Å²) in [6, 6.07) is 12.6. The van der Waals surface area contributed by atoms with Crippen molar-refractivity contribution in [2.24, 2.45) is 0 Å². The van der Waals surface area contributed by atoms with Gasteiger partial charge in [0, 0.05) is 47.7 Å². The number of aryl methyl sites for hydroxylation is 1. The van der Waals surface area contributed by atoms with Crippen LogP contribution in [0.5, 0.6) is 0 Å². The van der Waals surface area contributed by atoms with Gasteiger partial charge in [-0.25, -0.2) is 4.79 Å². The lowest BCUT2D eigenvalue weighted by Gasteiger charge is -2.34. The Morgan fingerprint density at radius 1 is 1.21 bits per heavy atom. The Kier molecular flexibility index (Phi) is 6.49. The van der Waals surface area contributed by atoms with E-state index in [9.17, 15) is 4.79 Å². The van der Waals surface area contributed by atoms with E-state index in [4.69, 9.17) is 4.74 Å². The molecule has 0 aliphatic carbocycles. The molecule has 1 fully saturated rings. The third kappa shape index (κ3) is 4.80. The van der Waals surface area contributed by atoms with Crippen LogP contribution in [0, 0.1) is 6.92 Å². The highest BCUT2D eigenvalue weighted by Gasteiger charge is 2.23. The van der Waals surface area contributed by atoms with E-state index in [2.05, 4.69) is 63.2 Å². The molecule has 29 heavy (non-hydrogen) atoms. The van der Waals surface area contributed by atoms with Gasteiger partial charge in [0.2, 0.25) is 0 Å². The predicted molar refractivity (Wildman–Crippen MR) is 118 cm³/mol. The second kappa shape index (κ2) is 9.43. The zero-order valence-electron chi connectivity index (χ0n) is 16.7. The van der Waals surface area contributed by atoms with E-state index in [1.807, 2.05) is 6.07 Å². The van der Waals surface area contributed by atoms with Crippen LogP contribution in [0.1, 0.15) is 22.2 Å². The molecule has 1 aromatic carbocycles. The molecule has 1 unspecified atom stereocenters. The minimum atomic E-state index is -0.114. The van der Waals surface area contributed by atoms with Crippen LogP contribution in [-0.4, -0.2) is 55.3 Å². The van der Waals surface area contributed by atoms with E-state index in [1.165, 1.54) is 21.5 Å². The van der Waals surface area contributed by atoms with Crippen molar-refractivity contribution in [2.45, 2.75) is 19.4 Å². The first-order valence-electron chi connectivity index (χ1n) is 10.2. The molecule has 2 aromatic heterocycles. The molecule has 3 aromatic rings. The molecular weight excluding hydrogens is 384 g/mol. The average molecular weight is 413 g/mol. The number of nitrogens with one attached hydrogen (secondary N) is 3. The van der Waals surface area contributed by atoms with Crippen LogP contribution in [0.15, 0.2) is 41.8 Å². The van der Waals surface area contributed by atoms with Crippen molar-refractivity contribution in [1.29, 1.82) is 0 Å². The maximum Gasteiger partial charge on any atom is 0.314 e. The number of thiophene rings is 1. The quantitative estimate of drug-likeness (QED) is 0.557. The number of para-hydroxylation sites is 1. The summed E-state index contributed by atoms with van der Waals surface area (Å²) in [6.45, 7) is 6.57. The number of carbonyl (C=O) groups is 1. The first-order chi connectivity index (χ1) is 14.2. The number of hydrogen-bond donors (Lipinski definition) is 3. The number of H-pyrrole nitrogens is 1. The second-order valence-corrected chi connectivity index (χ2v) is 8.32. The van der Waals surface area contributed by atoms with E-state index < -0.39 is 0 Å². The minimum Gasteiger partial charge on any atom is -0.379 e. The third-order valence-electron chi connectivity index (χ3n) is 5.50. The van der Waals surface area contributed by atoms with Crippen LogP contribution in [0.4, 0.5) is 4.79 Å². The number of amides is 2. The average Bonchev–Trinajstić information content (AvgIpc) is 3.37. The van der Waals surface area contributed by atoms with Crippen LogP contribution < -0.4 is 10.6 Å². The zero-order chi connectivity index (χ0) is 20.1. The summed E-state index contributed by atoms with van der Waals surface area (Å²) in [5.41, 5.74) is 3.58. The van der Waals surface area contributed by atoms with Crippen LogP contribution in [-0.2, 0) is 11.2 Å². The molecule has 4 rings (SSSR count). The zero-order valence-corrected chi connectivity index (χ0v) is 17.6. The van der Waals surface area contributed by atoms with E-state index in [1.54, 1.807) is 11.3 Å². The molecule has 1 aliphatic heterocycles. The summed E-state index contributed by atoms with van der Waals surface area (Å²) < 4.78 is 5.48. The Bertz CT molecular complexity index is 932. The monoisotopic (exact) mass is 412 g/mol. The van der Waals surface area contributed by atoms with Gasteiger partial charge in [-0.05, 0) is 36.4 Å². The molecule has 154 valence electrons. The standard InChI is InChI=1S/C22H28N4O2S/c1-16-17(18-5-2-3-6-19(18)25-16)8-9-23-22(27)24-15-20(21-7-4-14-29-21)26-10-12-28-13-11-26/h2-7,14,20,25H,8-13,15H2,1H3,(H2,23,24,27). The topological polar surface area (TPSA) is 69.4 Å². The third-order valence-corrected chi connectivity index (χ3v) is 6.48. The number of benzene rings is 1. The van der Waals surface area contributed by atoms with Crippen LogP contribution in [0.25, 0.3) is 10.9 Å². The number of carbonyl (C=O) groups excluding carboxylic acids is 1. The Labute approximate surface area is 175 Å². The number of ether oxygens (including phenoxy) is 1. The summed E-state index contributed by atoms with van der Waals surface area (Å²) in [4.78, 5) is 19.5. The summed E-state index contributed by atoms with van der Waals surface area (Å²) in [5.74, 6) is 0. The molecule has 1 atom stereocenters. The van der Waals surface area contributed by atoms with Gasteiger partial charge in [-0.2, -0.15) is 0 Å². The number of fused-ring (bicyclic) bond motifs is 1. The normalized spacial score (nSPS) is 16.0. The van der Waals surface area contributed by atoms with Gasteiger partial charge in [0.1, 0.15) is 0 Å². The minimum absolute atomic E-state index is 0.114. The summed E-state index contributed by atoms with van der Waals surface area (Å²) in [6.07, 6.45) is 0.807. The van der Waals surface area contributed by atoms with E-state index >= 15 is 0 Å². The fourth-order valence-electron chi connectivity index (χ4n) is 3.99. The summed E-state index contributed by atoms with van der Waals surface area (Å²) in [5, 5.41) is 9.40. The first kappa shape index (κ1) is 19.9. The van der Waals surface area contributed by atoms with Gasteiger partial charge >= 0.3 is 6.03 Å². The van der Waals surface area contributed by atoms with E-state index in [0.29, 0.717) is 13.1 Å². The van der Waals surface area contributed by atoms with Crippen molar-refractivity contribution in [3.8, 4) is 0 Å². The van der Waals surface area contributed by atoms with Crippen LogP contribution in [0.3, 0.4) is 0 Å². The number of aromatic amines is 1. The number of urea groups is 1. The number of morpholine rings is 1. The summed E-state index contributed by atoms with van der Waals surface area (Å²) >= 11 is 1.74. The molecule has 0 bridgehead atoms. The molecule has 2 amide bonds. The Morgan fingerprint density at radius 3 is 2.83 bits per heavy atom. The molecule has 1 saturated heterocycles. The van der Waals surface area contributed by atoms with Gasteiger partial charge in [0.25, 0.3) is 0 Å². The SMILES string of the molecule is Cc1[nH]c2ccccc2c1CCNC(=O)NCC(c1cccs1)N1CCOCC1. The molecule has 0 saturated carbocycles. The van der Waals surface area contributed by atoms with E-state index in [0.717, 1.165) is 38.2 Å². The molecule has 3 N–H and O–H groups in total. The first-order valence-corrected chi connectivity index (χ1v) is 11.0. The van der Waals surface area contributed by atoms with Crippen molar-refractivity contribution in [3.05, 3.63) is 57.9 Å². The van der Waals surface area contributed by atoms with Crippen LogP contribution >= 0.6 is 11.3 Å². The summed E-state index contributed by atoms with van der Waals surface area (Å²) in [7, 11) is 0. The molecule has 1 aliphatic rings. The highest BCUT2D eigenvalue weighted by atomic mass is 32.1. The Hall–Kier alpha value is -2.35. The molecule has 7 heteroatoms. The number of aromatic nitrogens is 1. The molecule has 0 spiro atoms. The van der Waals surface area contributed by atoms with Gasteiger partial charge in [0.05, 0.1) is 19.3 Å². The molecule has 6 nitrogen and oxygen atoms in total. The second-order valence-electron chi connectivity index (χ2n) is 7.34. The van der Waals surface area contributed by atoms with Gasteiger partial charge in [-0.1, -0.05) is 24.3 Å². The predicted octanol–water partition coefficient (Wildman–Crippen LogP) is 3.45. The van der Waals surface area contributed by atoms with Gasteiger partial charge in [-0.3, -0.25) is 4.90 Å².